The minimum atomic E-state index is -0.762. The van der Waals surface area contributed by atoms with Gasteiger partial charge in [-0.05, 0) is 24.5 Å². The van der Waals surface area contributed by atoms with Gasteiger partial charge in [-0.2, -0.15) is 5.26 Å². The summed E-state index contributed by atoms with van der Waals surface area (Å²) in [4.78, 5) is 13.0. The molecule has 1 fully saturated rings. The SMILES string of the molecule is N#Cc1ccccc1CN(CCC(=O)O)C1CCCC1. The van der Waals surface area contributed by atoms with Gasteiger partial charge in [0.1, 0.15) is 0 Å². The van der Waals surface area contributed by atoms with E-state index >= 15 is 0 Å². The zero-order valence-electron chi connectivity index (χ0n) is 11.6. The first-order chi connectivity index (χ1) is 9.70. The van der Waals surface area contributed by atoms with Crippen molar-refractivity contribution in [2.75, 3.05) is 6.54 Å². The Kier molecular flexibility index (Phi) is 5.14. The van der Waals surface area contributed by atoms with Crippen LogP contribution in [0.25, 0.3) is 0 Å². The molecule has 0 radical (unpaired) electrons. The maximum Gasteiger partial charge on any atom is 0.304 e. The number of rotatable bonds is 6. The average molecular weight is 272 g/mol. The van der Waals surface area contributed by atoms with Crippen molar-refractivity contribution in [2.24, 2.45) is 0 Å². The molecule has 0 atom stereocenters. The summed E-state index contributed by atoms with van der Waals surface area (Å²) in [6.45, 7) is 1.22. The maximum atomic E-state index is 10.8. The molecule has 1 N–H and O–H groups in total. The van der Waals surface area contributed by atoms with E-state index in [2.05, 4.69) is 11.0 Å². The lowest BCUT2D eigenvalue weighted by molar-refractivity contribution is -0.137. The lowest BCUT2D eigenvalue weighted by atomic mass is 10.1. The van der Waals surface area contributed by atoms with Crippen molar-refractivity contribution in [3.8, 4) is 6.07 Å². The molecule has 1 saturated carbocycles. The molecule has 0 amide bonds. The van der Waals surface area contributed by atoms with E-state index in [0.29, 0.717) is 24.7 Å². The highest BCUT2D eigenvalue weighted by molar-refractivity contribution is 5.66. The maximum absolute atomic E-state index is 10.8. The summed E-state index contributed by atoms with van der Waals surface area (Å²) in [5, 5.41) is 18.0. The summed E-state index contributed by atoms with van der Waals surface area (Å²) in [7, 11) is 0. The number of carboxylic acid groups (broad SMARTS) is 1. The van der Waals surface area contributed by atoms with Crippen molar-refractivity contribution >= 4 is 5.97 Å². The van der Waals surface area contributed by atoms with Gasteiger partial charge in [0.2, 0.25) is 0 Å². The molecule has 0 saturated heterocycles. The van der Waals surface area contributed by atoms with Crippen molar-refractivity contribution in [3.63, 3.8) is 0 Å². The normalized spacial score (nSPS) is 15.4. The van der Waals surface area contributed by atoms with Crippen LogP contribution >= 0.6 is 0 Å². The van der Waals surface area contributed by atoms with Gasteiger partial charge in [0.05, 0.1) is 18.1 Å². The third kappa shape index (κ3) is 3.82. The summed E-state index contributed by atoms with van der Waals surface area (Å²) in [6.07, 6.45) is 4.86. The van der Waals surface area contributed by atoms with E-state index in [-0.39, 0.29) is 6.42 Å². The quantitative estimate of drug-likeness (QED) is 0.864. The molecule has 4 nitrogen and oxygen atoms in total. The molecule has 1 aromatic carbocycles. The number of benzene rings is 1. The lowest BCUT2D eigenvalue weighted by Crippen LogP contribution is -2.34. The summed E-state index contributed by atoms with van der Waals surface area (Å²) >= 11 is 0. The molecule has 0 aromatic heterocycles. The molecule has 4 heteroatoms. The molecule has 0 bridgehead atoms. The number of hydrogen-bond donors (Lipinski definition) is 1. The highest BCUT2D eigenvalue weighted by Gasteiger charge is 2.23. The highest BCUT2D eigenvalue weighted by atomic mass is 16.4. The van der Waals surface area contributed by atoms with Crippen molar-refractivity contribution in [3.05, 3.63) is 35.4 Å². The fourth-order valence-corrected chi connectivity index (χ4v) is 2.89. The summed E-state index contributed by atoms with van der Waals surface area (Å²) in [5.74, 6) is -0.762. The Morgan fingerprint density at radius 3 is 2.70 bits per heavy atom. The predicted molar refractivity (Wildman–Crippen MR) is 76.1 cm³/mol. The molecule has 1 aliphatic rings. The number of nitriles is 1. The van der Waals surface area contributed by atoms with Crippen LogP contribution in [-0.4, -0.2) is 28.6 Å². The Morgan fingerprint density at radius 1 is 1.35 bits per heavy atom. The van der Waals surface area contributed by atoms with E-state index < -0.39 is 5.97 Å². The second kappa shape index (κ2) is 7.06. The van der Waals surface area contributed by atoms with Gasteiger partial charge < -0.3 is 5.11 Å². The number of aliphatic carboxylic acids is 1. The van der Waals surface area contributed by atoms with Crippen LogP contribution in [0.3, 0.4) is 0 Å². The first-order valence-corrected chi connectivity index (χ1v) is 7.14. The van der Waals surface area contributed by atoms with Crippen LogP contribution in [0.5, 0.6) is 0 Å². The van der Waals surface area contributed by atoms with Gasteiger partial charge in [-0.15, -0.1) is 0 Å². The number of carbonyl (C=O) groups is 1. The third-order valence-electron chi connectivity index (χ3n) is 3.97. The van der Waals surface area contributed by atoms with E-state index in [1.54, 1.807) is 0 Å². The van der Waals surface area contributed by atoms with Crippen LogP contribution in [-0.2, 0) is 11.3 Å². The van der Waals surface area contributed by atoms with Crippen LogP contribution in [0.15, 0.2) is 24.3 Å². The third-order valence-corrected chi connectivity index (χ3v) is 3.97. The molecule has 1 aromatic rings. The highest BCUT2D eigenvalue weighted by Crippen LogP contribution is 2.25. The van der Waals surface area contributed by atoms with Gasteiger partial charge >= 0.3 is 5.97 Å². The number of nitrogens with zero attached hydrogens (tertiary/aromatic N) is 2. The van der Waals surface area contributed by atoms with Crippen LogP contribution in [0.4, 0.5) is 0 Å². The van der Waals surface area contributed by atoms with E-state index in [0.717, 1.165) is 18.4 Å². The van der Waals surface area contributed by atoms with Gasteiger partial charge in [-0.1, -0.05) is 31.0 Å². The van der Waals surface area contributed by atoms with E-state index in [1.807, 2.05) is 24.3 Å². The zero-order valence-corrected chi connectivity index (χ0v) is 11.6. The molecular formula is C16H20N2O2. The van der Waals surface area contributed by atoms with Crippen molar-refractivity contribution in [1.82, 2.24) is 4.90 Å². The molecular weight excluding hydrogens is 252 g/mol. The number of hydrogen-bond acceptors (Lipinski definition) is 3. The second-order valence-electron chi connectivity index (χ2n) is 5.32. The van der Waals surface area contributed by atoms with Crippen LogP contribution in [0.2, 0.25) is 0 Å². The van der Waals surface area contributed by atoms with Crippen LogP contribution in [0.1, 0.15) is 43.2 Å². The summed E-state index contributed by atoms with van der Waals surface area (Å²) < 4.78 is 0. The number of carboxylic acids is 1. The van der Waals surface area contributed by atoms with Gasteiger partial charge in [0, 0.05) is 19.1 Å². The minimum absolute atomic E-state index is 0.158. The molecule has 0 heterocycles. The summed E-state index contributed by atoms with van der Waals surface area (Å²) in [6, 6.07) is 10.2. The summed E-state index contributed by atoms with van der Waals surface area (Å²) in [5.41, 5.74) is 1.68. The van der Waals surface area contributed by atoms with Gasteiger partial charge in [0.15, 0.2) is 0 Å². The molecule has 0 spiro atoms. The van der Waals surface area contributed by atoms with Gasteiger partial charge in [-0.25, -0.2) is 0 Å². The first-order valence-electron chi connectivity index (χ1n) is 7.14. The van der Waals surface area contributed by atoms with E-state index in [1.165, 1.54) is 12.8 Å². The fourth-order valence-electron chi connectivity index (χ4n) is 2.89. The van der Waals surface area contributed by atoms with Gasteiger partial charge in [0.25, 0.3) is 0 Å². The van der Waals surface area contributed by atoms with Crippen molar-refractivity contribution in [2.45, 2.75) is 44.7 Å². The largest absolute Gasteiger partial charge is 0.481 e. The smallest absolute Gasteiger partial charge is 0.304 e. The molecule has 106 valence electrons. The minimum Gasteiger partial charge on any atom is -0.481 e. The van der Waals surface area contributed by atoms with Crippen LogP contribution < -0.4 is 0 Å². The molecule has 20 heavy (non-hydrogen) atoms. The van der Waals surface area contributed by atoms with E-state index in [4.69, 9.17) is 10.4 Å². The Bertz CT molecular complexity index is 501. The fraction of sp³-hybridized carbons (Fsp3) is 0.500. The van der Waals surface area contributed by atoms with Crippen molar-refractivity contribution in [1.29, 1.82) is 5.26 Å². The Morgan fingerprint density at radius 2 is 2.05 bits per heavy atom. The first kappa shape index (κ1) is 14.5. The molecule has 2 rings (SSSR count). The van der Waals surface area contributed by atoms with Crippen LogP contribution in [0, 0.1) is 11.3 Å². The van der Waals surface area contributed by atoms with Crippen molar-refractivity contribution < 1.29 is 9.90 Å². The lowest BCUT2D eigenvalue weighted by Gasteiger charge is -2.28. The Balaban J connectivity index is 2.09. The molecule has 0 unspecified atom stereocenters. The average Bonchev–Trinajstić information content (AvgIpc) is 2.97. The topological polar surface area (TPSA) is 64.3 Å². The monoisotopic (exact) mass is 272 g/mol. The standard InChI is InChI=1S/C16H20N2O2/c17-11-13-5-1-2-6-14(13)12-18(10-9-16(19)20)15-7-3-4-8-15/h1-2,5-6,15H,3-4,7-10,12H2,(H,19,20). The predicted octanol–water partition coefficient (Wildman–Crippen LogP) is 2.78. The molecule has 0 aliphatic heterocycles. The van der Waals surface area contributed by atoms with E-state index in [9.17, 15) is 4.79 Å². The molecule has 1 aliphatic carbocycles. The zero-order chi connectivity index (χ0) is 14.4. The van der Waals surface area contributed by atoms with Gasteiger partial charge in [-0.3, -0.25) is 9.69 Å². The Labute approximate surface area is 119 Å². The Hall–Kier alpha value is -1.86. The second-order valence-corrected chi connectivity index (χ2v) is 5.32.